The smallest absolute Gasteiger partial charge is 0.335 e. The van der Waals surface area contributed by atoms with Gasteiger partial charge in [0.15, 0.2) is 0 Å². The van der Waals surface area contributed by atoms with Gasteiger partial charge in [-0.15, -0.1) is 0 Å². The number of carboxylic acids is 2. The Morgan fingerprint density at radius 1 is 0.880 bits per heavy atom. The molecule has 2 N–H and O–H groups in total. The van der Waals surface area contributed by atoms with E-state index in [0.29, 0.717) is 12.1 Å². The van der Waals surface area contributed by atoms with Crippen molar-refractivity contribution in [3.8, 4) is 0 Å². The molecule has 7 nitrogen and oxygen atoms in total. The molecule has 0 atom stereocenters. The van der Waals surface area contributed by atoms with Gasteiger partial charge in [0.2, 0.25) is 0 Å². The van der Waals surface area contributed by atoms with Crippen molar-refractivity contribution in [1.82, 2.24) is 0 Å². The zero-order valence-corrected chi connectivity index (χ0v) is 12.9. The zero-order chi connectivity index (χ0) is 18.1. The lowest BCUT2D eigenvalue weighted by Crippen LogP contribution is -2.29. The average Bonchev–Trinajstić information content (AvgIpc) is 2.84. The van der Waals surface area contributed by atoms with Crippen LogP contribution in [0.4, 0.5) is 5.69 Å². The molecule has 7 heteroatoms. The lowest BCUT2D eigenvalue weighted by atomic mass is 10.1. The molecular weight excluding hydrogens is 326 g/mol. The number of anilines is 1. The first-order chi connectivity index (χ1) is 11.9. The number of aromatic carboxylic acids is 1. The molecule has 0 radical (unpaired) electrons. The van der Waals surface area contributed by atoms with Crippen molar-refractivity contribution in [1.29, 1.82) is 0 Å². The van der Waals surface area contributed by atoms with Crippen LogP contribution in [-0.2, 0) is 11.2 Å². The van der Waals surface area contributed by atoms with Gasteiger partial charge in [0.05, 0.1) is 22.4 Å². The molecule has 2 aromatic rings. The predicted octanol–water partition coefficient (Wildman–Crippen LogP) is 2.20. The summed E-state index contributed by atoms with van der Waals surface area (Å²) in [7, 11) is 0. The number of hydrogen-bond donors (Lipinski definition) is 2. The molecule has 0 spiro atoms. The number of imide groups is 1. The maximum absolute atomic E-state index is 12.5. The summed E-state index contributed by atoms with van der Waals surface area (Å²) in [6.07, 6.45) is 0.337. The van der Waals surface area contributed by atoms with Crippen LogP contribution in [-0.4, -0.2) is 34.0 Å². The number of carbonyl (C=O) groups excluding carboxylic acids is 2. The number of aliphatic carboxylic acids is 1. The Bertz CT molecular complexity index is 900. The molecule has 3 rings (SSSR count). The third kappa shape index (κ3) is 2.99. The van der Waals surface area contributed by atoms with Gasteiger partial charge in [0.25, 0.3) is 11.8 Å². The van der Waals surface area contributed by atoms with Crippen LogP contribution in [0.2, 0.25) is 0 Å². The minimum atomic E-state index is -1.18. The summed E-state index contributed by atoms with van der Waals surface area (Å²) in [5.41, 5.74) is 1.27. The van der Waals surface area contributed by atoms with Crippen LogP contribution in [0.5, 0.6) is 0 Å². The summed E-state index contributed by atoms with van der Waals surface area (Å²) in [5, 5.41) is 17.7. The van der Waals surface area contributed by atoms with E-state index >= 15 is 0 Å². The quantitative estimate of drug-likeness (QED) is 0.808. The second kappa shape index (κ2) is 6.20. The molecule has 126 valence electrons. The van der Waals surface area contributed by atoms with Crippen molar-refractivity contribution < 1.29 is 29.4 Å². The Morgan fingerprint density at radius 3 is 2.12 bits per heavy atom. The number of carboxylic acid groups (broad SMARTS) is 2. The molecule has 0 saturated heterocycles. The van der Waals surface area contributed by atoms with E-state index in [2.05, 4.69) is 0 Å². The van der Waals surface area contributed by atoms with E-state index in [1.165, 1.54) is 18.2 Å². The standard InChI is InChI=1S/C18H13NO6/c20-15(21)8-3-10-1-5-12(6-2-10)19-16(22)13-7-4-11(18(24)25)9-14(13)17(19)23/h1-2,4-7,9H,3,8H2,(H,20,21)(H,24,25). The molecule has 1 aliphatic rings. The Kier molecular flexibility index (Phi) is 4.06. The van der Waals surface area contributed by atoms with Gasteiger partial charge in [-0.25, -0.2) is 9.69 Å². The maximum atomic E-state index is 12.5. The Hall–Kier alpha value is -3.48. The summed E-state index contributed by atoms with van der Waals surface area (Å²) in [6.45, 7) is 0. The topological polar surface area (TPSA) is 112 Å². The van der Waals surface area contributed by atoms with Crippen LogP contribution in [0.3, 0.4) is 0 Å². The fraction of sp³-hybridized carbons (Fsp3) is 0.111. The van der Waals surface area contributed by atoms with Gasteiger partial charge in [-0.05, 0) is 42.3 Å². The monoisotopic (exact) mass is 339 g/mol. The zero-order valence-electron chi connectivity index (χ0n) is 12.9. The van der Waals surface area contributed by atoms with E-state index < -0.39 is 23.8 Å². The highest BCUT2D eigenvalue weighted by Gasteiger charge is 2.37. The fourth-order valence-corrected chi connectivity index (χ4v) is 2.67. The molecular formula is C18H13NO6. The van der Waals surface area contributed by atoms with Crippen molar-refractivity contribution in [2.75, 3.05) is 4.90 Å². The lowest BCUT2D eigenvalue weighted by molar-refractivity contribution is -0.136. The van der Waals surface area contributed by atoms with Crippen LogP contribution in [0.1, 0.15) is 43.1 Å². The number of benzene rings is 2. The molecule has 0 aliphatic carbocycles. The highest BCUT2D eigenvalue weighted by molar-refractivity contribution is 6.34. The van der Waals surface area contributed by atoms with Crippen molar-refractivity contribution in [2.45, 2.75) is 12.8 Å². The van der Waals surface area contributed by atoms with Crippen molar-refractivity contribution in [2.24, 2.45) is 0 Å². The summed E-state index contributed by atoms with van der Waals surface area (Å²) in [5.74, 6) is -3.18. The van der Waals surface area contributed by atoms with Crippen LogP contribution in [0.15, 0.2) is 42.5 Å². The minimum absolute atomic E-state index is 0.00959. The van der Waals surface area contributed by atoms with E-state index in [4.69, 9.17) is 10.2 Å². The van der Waals surface area contributed by atoms with Crippen LogP contribution >= 0.6 is 0 Å². The van der Waals surface area contributed by atoms with Crippen molar-refractivity contribution >= 4 is 29.4 Å². The Balaban J connectivity index is 1.88. The van der Waals surface area contributed by atoms with Crippen LogP contribution in [0, 0.1) is 0 Å². The largest absolute Gasteiger partial charge is 0.481 e. The number of aryl methyl sites for hydroxylation is 1. The Morgan fingerprint density at radius 2 is 1.52 bits per heavy atom. The van der Waals surface area contributed by atoms with Gasteiger partial charge >= 0.3 is 11.9 Å². The van der Waals surface area contributed by atoms with Crippen molar-refractivity contribution in [3.63, 3.8) is 0 Å². The number of rotatable bonds is 5. The molecule has 0 unspecified atom stereocenters. The normalized spacial score (nSPS) is 13.0. The van der Waals surface area contributed by atoms with E-state index in [-0.39, 0.29) is 23.1 Å². The third-order valence-electron chi connectivity index (χ3n) is 3.96. The van der Waals surface area contributed by atoms with Gasteiger partial charge in [0, 0.05) is 6.42 Å². The number of amides is 2. The van der Waals surface area contributed by atoms with Gasteiger partial charge in [0.1, 0.15) is 0 Å². The molecule has 1 heterocycles. The van der Waals surface area contributed by atoms with Gasteiger partial charge in [-0.2, -0.15) is 0 Å². The summed E-state index contributed by atoms with van der Waals surface area (Å²) in [6, 6.07) is 10.3. The molecule has 0 saturated carbocycles. The van der Waals surface area contributed by atoms with Crippen LogP contribution < -0.4 is 4.90 Å². The van der Waals surface area contributed by atoms with E-state index in [1.807, 2.05) is 0 Å². The number of nitrogens with zero attached hydrogens (tertiary/aromatic N) is 1. The highest BCUT2D eigenvalue weighted by Crippen LogP contribution is 2.29. The first kappa shape index (κ1) is 16.4. The predicted molar refractivity (Wildman–Crippen MR) is 86.9 cm³/mol. The van der Waals surface area contributed by atoms with E-state index in [1.54, 1.807) is 24.3 Å². The lowest BCUT2D eigenvalue weighted by Gasteiger charge is -2.14. The molecule has 0 fully saturated rings. The molecule has 2 amide bonds. The van der Waals surface area contributed by atoms with Gasteiger partial charge in [-0.1, -0.05) is 12.1 Å². The van der Waals surface area contributed by atoms with Crippen LogP contribution in [0.25, 0.3) is 0 Å². The second-order valence-corrected chi connectivity index (χ2v) is 5.57. The first-order valence-electron chi connectivity index (χ1n) is 7.45. The first-order valence-corrected chi connectivity index (χ1v) is 7.45. The minimum Gasteiger partial charge on any atom is -0.481 e. The average molecular weight is 339 g/mol. The molecule has 0 bridgehead atoms. The summed E-state index contributed by atoms with van der Waals surface area (Å²) in [4.78, 5) is 47.6. The number of carbonyl (C=O) groups is 4. The maximum Gasteiger partial charge on any atom is 0.335 e. The van der Waals surface area contributed by atoms with E-state index in [9.17, 15) is 19.2 Å². The van der Waals surface area contributed by atoms with E-state index in [0.717, 1.165) is 10.5 Å². The SMILES string of the molecule is O=C(O)CCc1ccc(N2C(=O)c3ccc(C(=O)O)cc3C2=O)cc1. The Labute approximate surface area is 142 Å². The fourth-order valence-electron chi connectivity index (χ4n) is 2.67. The number of hydrogen-bond acceptors (Lipinski definition) is 4. The van der Waals surface area contributed by atoms with Gasteiger partial charge < -0.3 is 10.2 Å². The molecule has 25 heavy (non-hydrogen) atoms. The third-order valence-corrected chi connectivity index (χ3v) is 3.96. The summed E-state index contributed by atoms with van der Waals surface area (Å²) >= 11 is 0. The molecule has 2 aromatic carbocycles. The van der Waals surface area contributed by atoms with Crippen molar-refractivity contribution in [3.05, 3.63) is 64.7 Å². The second-order valence-electron chi connectivity index (χ2n) is 5.57. The molecule has 0 aromatic heterocycles. The number of fused-ring (bicyclic) bond motifs is 1. The molecule has 1 aliphatic heterocycles. The van der Waals surface area contributed by atoms with Gasteiger partial charge in [-0.3, -0.25) is 14.4 Å². The summed E-state index contributed by atoms with van der Waals surface area (Å²) < 4.78 is 0. The highest BCUT2D eigenvalue weighted by atomic mass is 16.4.